The maximum atomic E-state index is 11.8. The van der Waals surface area contributed by atoms with Crippen molar-refractivity contribution in [2.45, 2.75) is 46.1 Å². The Bertz CT molecular complexity index is 471. The van der Waals surface area contributed by atoms with Crippen molar-refractivity contribution < 1.29 is 14.6 Å². The molecule has 0 bridgehead atoms. The normalized spacial score (nSPS) is 11.1. The molecule has 0 saturated carbocycles. The number of urea groups is 1. The van der Waals surface area contributed by atoms with Gasteiger partial charge in [-0.05, 0) is 50.5 Å². The lowest BCUT2D eigenvalue weighted by molar-refractivity contribution is 0.0354. The van der Waals surface area contributed by atoms with Crippen LogP contribution < -0.4 is 15.4 Å². The highest BCUT2D eigenvalue weighted by Crippen LogP contribution is 2.21. The second kappa shape index (κ2) is 7.88. The maximum absolute atomic E-state index is 11.8. The van der Waals surface area contributed by atoms with Crippen molar-refractivity contribution >= 4 is 11.7 Å². The molecule has 1 rings (SSSR count). The number of aliphatic hydroxyl groups is 1. The molecule has 0 atom stereocenters. The van der Waals surface area contributed by atoms with Crippen molar-refractivity contribution in [2.75, 3.05) is 18.5 Å². The molecule has 0 heterocycles. The van der Waals surface area contributed by atoms with Gasteiger partial charge in [0, 0.05) is 12.2 Å². The van der Waals surface area contributed by atoms with Crippen LogP contribution in [0.4, 0.5) is 10.5 Å². The Hall–Kier alpha value is -1.75. The fourth-order valence-electron chi connectivity index (χ4n) is 1.96. The molecule has 0 aliphatic rings. The average Bonchev–Trinajstić information content (AvgIpc) is 2.48. The highest BCUT2D eigenvalue weighted by atomic mass is 16.5. The number of anilines is 1. The van der Waals surface area contributed by atoms with E-state index in [1.165, 1.54) is 0 Å². The average molecular weight is 294 g/mol. The van der Waals surface area contributed by atoms with Crippen LogP contribution in [0.25, 0.3) is 0 Å². The van der Waals surface area contributed by atoms with Crippen molar-refractivity contribution in [1.82, 2.24) is 5.32 Å². The summed E-state index contributed by atoms with van der Waals surface area (Å²) in [6.45, 7) is 8.52. The number of amides is 2. The fourth-order valence-corrected chi connectivity index (χ4v) is 1.96. The summed E-state index contributed by atoms with van der Waals surface area (Å²) in [7, 11) is 0. The molecule has 3 N–H and O–H groups in total. The van der Waals surface area contributed by atoms with E-state index >= 15 is 0 Å². The molecule has 1 aromatic carbocycles. The smallest absolute Gasteiger partial charge is 0.319 e. The van der Waals surface area contributed by atoms with E-state index < -0.39 is 5.60 Å². The van der Waals surface area contributed by atoms with E-state index in [9.17, 15) is 9.90 Å². The van der Waals surface area contributed by atoms with Gasteiger partial charge in [-0.25, -0.2) is 4.79 Å². The first kappa shape index (κ1) is 17.3. The first-order valence-electron chi connectivity index (χ1n) is 7.44. The third-order valence-corrected chi connectivity index (χ3v) is 3.63. The molecule has 0 spiro atoms. The summed E-state index contributed by atoms with van der Waals surface area (Å²) in [6.07, 6.45) is 1.21. The number of rotatable bonds is 7. The molecule has 5 heteroatoms. The van der Waals surface area contributed by atoms with Crippen molar-refractivity contribution in [3.05, 3.63) is 23.8 Å². The SMILES string of the molecule is CCOc1ccc(NC(=O)NCC(O)(CC)CC)cc1C. The van der Waals surface area contributed by atoms with Crippen molar-refractivity contribution in [3.8, 4) is 5.75 Å². The highest BCUT2D eigenvalue weighted by molar-refractivity contribution is 5.89. The Morgan fingerprint density at radius 1 is 1.29 bits per heavy atom. The summed E-state index contributed by atoms with van der Waals surface area (Å²) in [6, 6.07) is 5.17. The van der Waals surface area contributed by atoms with Gasteiger partial charge < -0.3 is 20.5 Å². The number of nitrogens with one attached hydrogen (secondary N) is 2. The predicted molar refractivity (Wildman–Crippen MR) is 84.9 cm³/mol. The molecule has 118 valence electrons. The van der Waals surface area contributed by atoms with Crippen LogP contribution in [0.2, 0.25) is 0 Å². The number of aryl methyl sites for hydroxylation is 1. The van der Waals surface area contributed by atoms with Crippen LogP contribution in [0.1, 0.15) is 39.2 Å². The molecular formula is C16H26N2O3. The van der Waals surface area contributed by atoms with Gasteiger partial charge in [-0.2, -0.15) is 0 Å². The highest BCUT2D eigenvalue weighted by Gasteiger charge is 2.22. The third kappa shape index (κ3) is 5.27. The first-order valence-corrected chi connectivity index (χ1v) is 7.44. The van der Waals surface area contributed by atoms with E-state index in [2.05, 4.69) is 10.6 Å². The van der Waals surface area contributed by atoms with Gasteiger partial charge in [0.25, 0.3) is 0 Å². The van der Waals surface area contributed by atoms with Crippen LogP contribution in [-0.2, 0) is 0 Å². The number of ether oxygens (including phenoxy) is 1. The van der Waals surface area contributed by atoms with Gasteiger partial charge in [0.15, 0.2) is 0 Å². The zero-order chi connectivity index (χ0) is 15.9. The number of hydrogen-bond donors (Lipinski definition) is 3. The molecule has 21 heavy (non-hydrogen) atoms. The Labute approximate surface area is 126 Å². The molecule has 0 aliphatic carbocycles. The summed E-state index contributed by atoms with van der Waals surface area (Å²) < 4.78 is 5.46. The van der Waals surface area contributed by atoms with Gasteiger partial charge in [-0.15, -0.1) is 0 Å². The van der Waals surface area contributed by atoms with Gasteiger partial charge in [0.05, 0.1) is 12.2 Å². The van der Waals surface area contributed by atoms with E-state index in [4.69, 9.17) is 4.74 Å². The quantitative estimate of drug-likeness (QED) is 0.724. The minimum absolute atomic E-state index is 0.238. The minimum Gasteiger partial charge on any atom is -0.494 e. The number of benzene rings is 1. The zero-order valence-electron chi connectivity index (χ0n) is 13.3. The van der Waals surface area contributed by atoms with E-state index in [1.807, 2.05) is 39.8 Å². The summed E-state index contributed by atoms with van der Waals surface area (Å²) in [4.78, 5) is 11.8. The van der Waals surface area contributed by atoms with Crippen LogP contribution in [0.3, 0.4) is 0 Å². The molecule has 5 nitrogen and oxygen atoms in total. The molecule has 0 unspecified atom stereocenters. The summed E-state index contributed by atoms with van der Waals surface area (Å²) in [5, 5.41) is 15.6. The topological polar surface area (TPSA) is 70.6 Å². The van der Waals surface area contributed by atoms with Crippen LogP contribution in [-0.4, -0.2) is 29.9 Å². The van der Waals surface area contributed by atoms with Crippen LogP contribution in [0, 0.1) is 6.92 Å². The molecule has 0 aromatic heterocycles. The van der Waals surface area contributed by atoms with E-state index in [1.54, 1.807) is 6.07 Å². The van der Waals surface area contributed by atoms with E-state index in [0.717, 1.165) is 11.3 Å². The van der Waals surface area contributed by atoms with E-state index in [-0.39, 0.29) is 12.6 Å². The lowest BCUT2D eigenvalue weighted by atomic mass is 9.98. The van der Waals surface area contributed by atoms with Gasteiger partial charge in [0.1, 0.15) is 5.75 Å². The number of carbonyl (C=O) groups is 1. The molecule has 0 radical (unpaired) electrons. The second-order valence-corrected chi connectivity index (χ2v) is 5.15. The molecule has 0 saturated heterocycles. The van der Waals surface area contributed by atoms with Crippen molar-refractivity contribution in [3.63, 3.8) is 0 Å². The Kier molecular flexibility index (Phi) is 6.49. The largest absolute Gasteiger partial charge is 0.494 e. The monoisotopic (exact) mass is 294 g/mol. The minimum atomic E-state index is -0.841. The van der Waals surface area contributed by atoms with Gasteiger partial charge in [-0.1, -0.05) is 13.8 Å². The molecule has 0 aliphatic heterocycles. The zero-order valence-corrected chi connectivity index (χ0v) is 13.3. The van der Waals surface area contributed by atoms with Crippen LogP contribution in [0.15, 0.2) is 18.2 Å². The van der Waals surface area contributed by atoms with Gasteiger partial charge in [-0.3, -0.25) is 0 Å². The maximum Gasteiger partial charge on any atom is 0.319 e. The molecule has 2 amide bonds. The molecule has 1 aromatic rings. The van der Waals surface area contributed by atoms with Gasteiger partial charge in [0.2, 0.25) is 0 Å². The lowest BCUT2D eigenvalue weighted by Gasteiger charge is -2.25. The summed E-state index contributed by atoms with van der Waals surface area (Å²) in [5.74, 6) is 0.815. The van der Waals surface area contributed by atoms with E-state index in [0.29, 0.717) is 25.1 Å². The second-order valence-electron chi connectivity index (χ2n) is 5.15. The number of carbonyl (C=O) groups excluding carboxylic acids is 1. The number of hydrogen-bond acceptors (Lipinski definition) is 3. The summed E-state index contributed by atoms with van der Waals surface area (Å²) >= 11 is 0. The van der Waals surface area contributed by atoms with Crippen molar-refractivity contribution in [2.24, 2.45) is 0 Å². The van der Waals surface area contributed by atoms with Crippen LogP contribution >= 0.6 is 0 Å². The predicted octanol–water partition coefficient (Wildman–Crippen LogP) is 3.07. The third-order valence-electron chi connectivity index (χ3n) is 3.63. The fraction of sp³-hybridized carbons (Fsp3) is 0.562. The summed E-state index contributed by atoms with van der Waals surface area (Å²) in [5.41, 5.74) is 0.824. The Morgan fingerprint density at radius 2 is 1.95 bits per heavy atom. The lowest BCUT2D eigenvalue weighted by Crippen LogP contribution is -2.43. The Balaban J connectivity index is 2.57. The van der Waals surface area contributed by atoms with Crippen LogP contribution in [0.5, 0.6) is 5.75 Å². The van der Waals surface area contributed by atoms with Crippen molar-refractivity contribution in [1.29, 1.82) is 0 Å². The molecule has 0 fully saturated rings. The van der Waals surface area contributed by atoms with Gasteiger partial charge >= 0.3 is 6.03 Å². The first-order chi connectivity index (χ1) is 9.94. The molecular weight excluding hydrogens is 268 g/mol. The Morgan fingerprint density at radius 3 is 2.48 bits per heavy atom. The standard InChI is InChI=1S/C16H26N2O3/c1-5-16(20,6-2)11-17-15(19)18-13-8-9-14(21-7-3)12(4)10-13/h8-10,20H,5-7,11H2,1-4H3,(H2,17,18,19).